The molecule has 132 valence electrons. The van der Waals surface area contributed by atoms with Crippen molar-refractivity contribution < 1.29 is 14.3 Å². The summed E-state index contributed by atoms with van der Waals surface area (Å²) in [5, 5.41) is 3.13. The Labute approximate surface area is 144 Å². The summed E-state index contributed by atoms with van der Waals surface area (Å²) in [7, 11) is 1.37. The summed E-state index contributed by atoms with van der Waals surface area (Å²) in [6.45, 7) is 0.984. The number of hydrogen-bond donors (Lipinski definition) is 1. The first-order chi connectivity index (χ1) is 11.7. The zero-order valence-corrected chi connectivity index (χ0v) is 14.5. The Hall–Kier alpha value is -2.04. The molecule has 2 amide bonds. The number of carbonyl (C=O) groups excluding carboxylic acids is 2. The highest BCUT2D eigenvalue weighted by atomic mass is 16.5. The first-order valence-electron chi connectivity index (χ1n) is 8.85. The van der Waals surface area contributed by atoms with Gasteiger partial charge in [-0.2, -0.15) is 0 Å². The number of hydrogen-bond acceptors (Lipinski definition) is 3. The fraction of sp³-hybridized carbons (Fsp3) is 0.579. The summed E-state index contributed by atoms with van der Waals surface area (Å²) >= 11 is 0. The average Bonchev–Trinajstić information content (AvgIpc) is 2.63. The van der Waals surface area contributed by atoms with Crippen LogP contribution in [-0.2, 0) is 16.0 Å². The minimum absolute atomic E-state index is 0.0678. The number of ether oxygens (including phenoxy) is 1. The van der Waals surface area contributed by atoms with E-state index in [9.17, 15) is 9.59 Å². The maximum atomic E-state index is 12.6. The molecule has 1 aromatic carbocycles. The number of benzene rings is 1. The fourth-order valence-electron chi connectivity index (χ4n) is 3.06. The molecule has 1 N–H and O–H groups in total. The van der Waals surface area contributed by atoms with Crippen molar-refractivity contribution in [1.82, 2.24) is 10.2 Å². The van der Waals surface area contributed by atoms with Gasteiger partial charge in [0, 0.05) is 19.1 Å². The molecule has 1 aromatic rings. The van der Waals surface area contributed by atoms with E-state index in [1.54, 1.807) is 4.90 Å². The fourth-order valence-corrected chi connectivity index (χ4v) is 3.06. The van der Waals surface area contributed by atoms with E-state index in [4.69, 9.17) is 4.74 Å². The second-order valence-corrected chi connectivity index (χ2v) is 6.33. The van der Waals surface area contributed by atoms with Crippen molar-refractivity contribution >= 4 is 12.0 Å². The molecule has 0 radical (unpaired) electrons. The summed E-state index contributed by atoms with van der Waals surface area (Å²) in [5.41, 5.74) is 1.19. The normalized spacial score (nSPS) is 14.9. The van der Waals surface area contributed by atoms with Gasteiger partial charge in [-0.15, -0.1) is 0 Å². The van der Waals surface area contributed by atoms with Gasteiger partial charge in [0.2, 0.25) is 0 Å². The van der Waals surface area contributed by atoms with E-state index in [0.717, 1.165) is 19.3 Å². The molecular formula is C19H28N2O3. The van der Waals surface area contributed by atoms with Crippen LogP contribution in [0.25, 0.3) is 0 Å². The van der Waals surface area contributed by atoms with Gasteiger partial charge >= 0.3 is 12.0 Å². The number of methoxy groups -OCH3 is 1. The lowest BCUT2D eigenvalue weighted by Gasteiger charge is -2.28. The number of rotatable bonds is 7. The number of nitrogens with one attached hydrogen (secondary N) is 1. The van der Waals surface area contributed by atoms with E-state index in [1.807, 2.05) is 18.2 Å². The molecule has 0 spiro atoms. The van der Waals surface area contributed by atoms with Crippen LogP contribution < -0.4 is 5.32 Å². The Morgan fingerprint density at radius 1 is 1.12 bits per heavy atom. The third-order valence-corrected chi connectivity index (χ3v) is 4.55. The van der Waals surface area contributed by atoms with Crippen LogP contribution in [0.4, 0.5) is 4.79 Å². The van der Waals surface area contributed by atoms with Crippen molar-refractivity contribution in [2.45, 2.75) is 51.0 Å². The second-order valence-electron chi connectivity index (χ2n) is 6.33. The molecule has 5 heteroatoms. The minimum Gasteiger partial charge on any atom is -0.469 e. The molecule has 0 unspecified atom stereocenters. The molecule has 1 aliphatic carbocycles. The van der Waals surface area contributed by atoms with Crippen molar-refractivity contribution in [2.24, 2.45) is 0 Å². The summed E-state index contributed by atoms with van der Waals surface area (Å²) in [6.07, 6.45) is 6.72. The molecule has 1 saturated carbocycles. The smallest absolute Gasteiger partial charge is 0.317 e. The predicted molar refractivity (Wildman–Crippen MR) is 93.8 cm³/mol. The Kier molecular flexibility index (Phi) is 7.59. The van der Waals surface area contributed by atoms with Gasteiger partial charge in [-0.3, -0.25) is 4.79 Å². The summed E-state index contributed by atoms with van der Waals surface area (Å²) in [6, 6.07) is 10.3. The predicted octanol–water partition coefficient (Wildman–Crippen LogP) is 3.14. The minimum atomic E-state index is -0.287. The third-order valence-electron chi connectivity index (χ3n) is 4.55. The second kappa shape index (κ2) is 9.96. The molecule has 24 heavy (non-hydrogen) atoms. The zero-order valence-electron chi connectivity index (χ0n) is 14.5. The lowest BCUT2D eigenvalue weighted by molar-refractivity contribution is -0.140. The van der Waals surface area contributed by atoms with Gasteiger partial charge in [-0.25, -0.2) is 4.79 Å². The molecule has 0 aromatic heterocycles. The Morgan fingerprint density at radius 3 is 2.50 bits per heavy atom. The maximum absolute atomic E-state index is 12.6. The van der Waals surface area contributed by atoms with Crippen molar-refractivity contribution in [1.29, 1.82) is 0 Å². The molecule has 1 fully saturated rings. The van der Waals surface area contributed by atoms with Gasteiger partial charge in [-0.1, -0.05) is 49.6 Å². The van der Waals surface area contributed by atoms with Crippen LogP contribution in [0.5, 0.6) is 0 Å². The van der Waals surface area contributed by atoms with E-state index < -0.39 is 0 Å². The first-order valence-corrected chi connectivity index (χ1v) is 8.85. The largest absolute Gasteiger partial charge is 0.469 e. The standard InChI is InChI=1S/C19H28N2O3/c1-24-18(22)13-15-21(14-12-16-8-4-2-5-9-16)19(23)20-17-10-6-3-7-11-17/h2,4-5,8-9,17H,3,6-7,10-15H2,1H3,(H,20,23). The topological polar surface area (TPSA) is 58.6 Å². The lowest BCUT2D eigenvalue weighted by Crippen LogP contribution is -2.46. The summed E-state index contributed by atoms with van der Waals surface area (Å²) in [4.78, 5) is 25.8. The van der Waals surface area contributed by atoms with Crippen LogP contribution in [0.1, 0.15) is 44.1 Å². The van der Waals surface area contributed by atoms with E-state index in [0.29, 0.717) is 13.1 Å². The Morgan fingerprint density at radius 2 is 1.83 bits per heavy atom. The monoisotopic (exact) mass is 332 g/mol. The molecule has 0 bridgehead atoms. The SMILES string of the molecule is COC(=O)CCN(CCc1ccccc1)C(=O)NC1CCCCC1. The van der Waals surface area contributed by atoms with Crippen LogP contribution in [0, 0.1) is 0 Å². The highest BCUT2D eigenvalue weighted by Crippen LogP contribution is 2.17. The quantitative estimate of drug-likeness (QED) is 0.780. The molecule has 5 nitrogen and oxygen atoms in total. The van der Waals surface area contributed by atoms with Gasteiger partial charge in [0.15, 0.2) is 0 Å². The van der Waals surface area contributed by atoms with Gasteiger partial charge in [0.1, 0.15) is 0 Å². The van der Waals surface area contributed by atoms with Crippen molar-refractivity contribution in [2.75, 3.05) is 20.2 Å². The van der Waals surface area contributed by atoms with Crippen molar-refractivity contribution in [3.8, 4) is 0 Å². The number of nitrogens with zero attached hydrogens (tertiary/aromatic N) is 1. The summed E-state index contributed by atoms with van der Waals surface area (Å²) in [5.74, 6) is -0.287. The molecule has 0 atom stereocenters. The van der Waals surface area contributed by atoms with Crippen LogP contribution in [-0.4, -0.2) is 43.1 Å². The Bertz CT molecular complexity index is 513. The van der Waals surface area contributed by atoms with Crippen molar-refractivity contribution in [3.05, 3.63) is 35.9 Å². The average molecular weight is 332 g/mol. The molecule has 0 saturated heterocycles. The van der Waals surface area contributed by atoms with E-state index in [2.05, 4.69) is 17.4 Å². The van der Waals surface area contributed by atoms with Crippen LogP contribution >= 0.6 is 0 Å². The number of urea groups is 1. The van der Waals surface area contributed by atoms with Gasteiger partial charge < -0.3 is 15.0 Å². The third kappa shape index (κ3) is 6.22. The van der Waals surface area contributed by atoms with E-state index in [1.165, 1.54) is 31.9 Å². The summed E-state index contributed by atoms with van der Waals surface area (Å²) < 4.78 is 4.70. The van der Waals surface area contributed by atoms with E-state index in [-0.39, 0.29) is 24.5 Å². The number of carbonyl (C=O) groups is 2. The van der Waals surface area contributed by atoms with Crippen LogP contribution in [0.15, 0.2) is 30.3 Å². The van der Waals surface area contributed by atoms with Crippen LogP contribution in [0.2, 0.25) is 0 Å². The maximum Gasteiger partial charge on any atom is 0.317 e. The van der Waals surface area contributed by atoms with Gasteiger partial charge in [0.05, 0.1) is 13.5 Å². The first kappa shape index (κ1) is 18.3. The van der Waals surface area contributed by atoms with E-state index >= 15 is 0 Å². The Balaban J connectivity index is 1.89. The van der Waals surface area contributed by atoms with Crippen LogP contribution in [0.3, 0.4) is 0 Å². The lowest BCUT2D eigenvalue weighted by atomic mass is 9.96. The molecule has 1 aliphatic rings. The number of amides is 2. The van der Waals surface area contributed by atoms with Gasteiger partial charge in [0.25, 0.3) is 0 Å². The highest BCUT2D eigenvalue weighted by molar-refractivity contribution is 5.76. The van der Waals surface area contributed by atoms with Gasteiger partial charge in [-0.05, 0) is 24.8 Å². The molecule has 0 heterocycles. The molecule has 2 rings (SSSR count). The highest BCUT2D eigenvalue weighted by Gasteiger charge is 2.20. The van der Waals surface area contributed by atoms with Crippen molar-refractivity contribution in [3.63, 3.8) is 0 Å². The molecule has 0 aliphatic heterocycles. The molecular weight excluding hydrogens is 304 g/mol. The zero-order chi connectivity index (χ0) is 17.2. The number of esters is 1.